The molecule has 0 spiro atoms. The summed E-state index contributed by atoms with van der Waals surface area (Å²) in [6, 6.07) is 12.3. The molecule has 0 aliphatic rings. The van der Waals surface area contributed by atoms with Crippen molar-refractivity contribution in [2.24, 2.45) is 0 Å². The Labute approximate surface area is 112 Å². The van der Waals surface area contributed by atoms with E-state index in [4.69, 9.17) is 11.6 Å². The smallest absolute Gasteiger partial charge is 0.0553 e. The van der Waals surface area contributed by atoms with Gasteiger partial charge in [-0.15, -0.1) is 0 Å². The van der Waals surface area contributed by atoms with E-state index in [1.807, 2.05) is 29.3 Å². The molecule has 1 aromatic heterocycles. The largest absolute Gasteiger partial charge is 0.354 e. The average molecular weight is 307 g/mol. The summed E-state index contributed by atoms with van der Waals surface area (Å²) in [5, 5.41) is 3.17. The van der Waals surface area contributed by atoms with Gasteiger partial charge in [-0.2, -0.15) is 0 Å². The summed E-state index contributed by atoms with van der Waals surface area (Å²) in [6.07, 6.45) is 1.96. The first-order valence-electron chi connectivity index (χ1n) is 5.27. The van der Waals surface area contributed by atoms with E-state index >= 15 is 0 Å². The molecule has 3 aromatic rings. The molecule has 0 unspecified atom stereocenters. The third kappa shape index (κ3) is 1.68. The molecule has 84 valence electrons. The van der Waals surface area contributed by atoms with Crippen LogP contribution in [0.4, 0.5) is 0 Å². The standard InChI is InChI=1S/C14H9BrClN/c15-8-7-11-12(16)6-5-10-9-3-1-2-4-13(9)17-14(10)11/h1-8,17H. The van der Waals surface area contributed by atoms with E-state index in [1.54, 1.807) is 0 Å². The Morgan fingerprint density at radius 2 is 1.88 bits per heavy atom. The van der Waals surface area contributed by atoms with Crippen molar-refractivity contribution in [1.29, 1.82) is 0 Å². The summed E-state index contributed by atoms with van der Waals surface area (Å²) in [5.41, 5.74) is 3.22. The van der Waals surface area contributed by atoms with Crippen molar-refractivity contribution in [2.45, 2.75) is 0 Å². The highest BCUT2D eigenvalue weighted by atomic mass is 79.9. The summed E-state index contributed by atoms with van der Waals surface area (Å²) in [7, 11) is 0. The van der Waals surface area contributed by atoms with Crippen molar-refractivity contribution in [2.75, 3.05) is 0 Å². The molecule has 0 saturated heterocycles. The molecule has 0 radical (unpaired) electrons. The fourth-order valence-electron chi connectivity index (χ4n) is 2.14. The molecule has 3 rings (SSSR count). The lowest BCUT2D eigenvalue weighted by Crippen LogP contribution is -1.78. The van der Waals surface area contributed by atoms with E-state index in [-0.39, 0.29) is 0 Å². The van der Waals surface area contributed by atoms with Gasteiger partial charge in [0.2, 0.25) is 0 Å². The summed E-state index contributed by atoms with van der Waals surface area (Å²) in [5.74, 6) is 0. The summed E-state index contributed by atoms with van der Waals surface area (Å²) in [4.78, 5) is 5.23. The van der Waals surface area contributed by atoms with Crippen LogP contribution in [0.15, 0.2) is 41.4 Å². The summed E-state index contributed by atoms with van der Waals surface area (Å²) < 4.78 is 0. The molecule has 0 aliphatic carbocycles. The maximum Gasteiger partial charge on any atom is 0.0553 e. The van der Waals surface area contributed by atoms with Gasteiger partial charge in [-0.05, 0) is 23.2 Å². The second kappa shape index (κ2) is 4.21. The molecule has 17 heavy (non-hydrogen) atoms. The van der Waals surface area contributed by atoms with Gasteiger partial charge in [0.15, 0.2) is 0 Å². The summed E-state index contributed by atoms with van der Waals surface area (Å²) in [6.45, 7) is 0. The molecule has 0 amide bonds. The zero-order chi connectivity index (χ0) is 11.8. The Balaban J connectivity index is 2.51. The van der Waals surface area contributed by atoms with Crippen molar-refractivity contribution in [3.8, 4) is 0 Å². The fourth-order valence-corrected chi connectivity index (χ4v) is 2.63. The van der Waals surface area contributed by atoms with Crippen LogP contribution in [0, 0.1) is 0 Å². The Bertz CT molecular complexity index is 727. The van der Waals surface area contributed by atoms with Crippen molar-refractivity contribution >= 4 is 55.4 Å². The first-order valence-corrected chi connectivity index (χ1v) is 6.56. The van der Waals surface area contributed by atoms with Crippen LogP contribution >= 0.6 is 27.5 Å². The van der Waals surface area contributed by atoms with Crippen LogP contribution in [0.5, 0.6) is 0 Å². The molecular formula is C14H9BrClN. The molecule has 1 nitrogen and oxygen atoms in total. The molecule has 0 saturated carbocycles. The number of aromatic amines is 1. The number of H-pyrrole nitrogens is 1. The molecule has 0 fully saturated rings. The lowest BCUT2D eigenvalue weighted by molar-refractivity contribution is 1.53. The number of hydrogen-bond acceptors (Lipinski definition) is 0. The molecule has 1 N–H and O–H groups in total. The average Bonchev–Trinajstić information content (AvgIpc) is 2.72. The fraction of sp³-hybridized carbons (Fsp3) is 0. The highest BCUT2D eigenvalue weighted by Gasteiger charge is 2.08. The van der Waals surface area contributed by atoms with Crippen LogP contribution < -0.4 is 0 Å². The number of hydrogen-bond donors (Lipinski definition) is 1. The number of nitrogens with one attached hydrogen (secondary N) is 1. The predicted molar refractivity (Wildman–Crippen MR) is 78.8 cm³/mol. The van der Waals surface area contributed by atoms with Gasteiger partial charge in [-0.3, -0.25) is 0 Å². The second-order valence-corrected chi connectivity index (χ2v) is 4.78. The Morgan fingerprint density at radius 1 is 1.06 bits per heavy atom. The molecule has 1 heterocycles. The van der Waals surface area contributed by atoms with E-state index in [0.717, 1.165) is 21.6 Å². The Hall–Kier alpha value is -1.25. The minimum Gasteiger partial charge on any atom is -0.354 e. The second-order valence-electron chi connectivity index (χ2n) is 3.85. The number of halogens is 2. The van der Waals surface area contributed by atoms with Gasteiger partial charge in [0, 0.05) is 26.9 Å². The van der Waals surface area contributed by atoms with Gasteiger partial charge in [-0.1, -0.05) is 51.8 Å². The molecule has 0 bridgehead atoms. The van der Waals surface area contributed by atoms with E-state index < -0.39 is 0 Å². The number of aromatic nitrogens is 1. The first-order chi connectivity index (χ1) is 8.31. The van der Waals surface area contributed by atoms with Gasteiger partial charge < -0.3 is 4.98 Å². The maximum atomic E-state index is 6.22. The Morgan fingerprint density at radius 3 is 2.71 bits per heavy atom. The summed E-state index contributed by atoms with van der Waals surface area (Å²) >= 11 is 9.51. The maximum absolute atomic E-state index is 6.22. The normalized spacial score (nSPS) is 11.9. The molecule has 3 heteroatoms. The number of para-hydroxylation sites is 1. The van der Waals surface area contributed by atoms with Crippen molar-refractivity contribution in [3.63, 3.8) is 0 Å². The van der Waals surface area contributed by atoms with Crippen LogP contribution in [0.3, 0.4) is 0 Å². The number of fused-ring (bicyclic) bond motifs is 3. The Kier molecular flexibility index (Phi) is 2.69. The minimum atomic E-state index is 0.750. The van der Waals surface area contributed by atoms with Gasteiger partial charge in [0.25, 0.3) is 0 Å². The van der Waals surface area contributed by atoms with Crippen molar-refractivity contribution < 1.29 is 0 Å². The quantitative estimate of drug-likeness (QED) is 0.624. The van der Waals surface area contributed by atoms with Gasteiger partial charge in [0.05, 0.1) is 5.52 Å². The van der Waals surface area contributed by atoms with Crippen LogP contribution in [0.25, 0.3) is 27.9 Å². The van der Waals surface area contributed by atoms with Crippen LogP contribution in [-0.2, 0) is 0 Å². The molecule has 2 aromatic carbocycles. The third-order valence-electron chi connectivity index (χ3n) is 2.90. The van der Waals surface area contributed by atoms with E-state index in [9.17, 15) is 0 Å². The van der Waals surface area contributed by atoms with E-state index in [1.165, 1.54) is 10.8 Å². The predicted octanol–water partition coefficient (Wildman–Crippen LogP) is 5.34. The third-order valence-corrected chi connectivity index (χ3v) is 3.49. The van der Waals surface area contributed by atoms with E-state index in [0.29, 0.717) is 0 Å². The highest BCUT2D eigenvalue weighted by molar-refractivity contribution is 9.11. The number of rotatable bonds is 1. The van der Waals surface area contributed by atoms with Crippen LogP contribution in [-0.4, -0.2) is 4.98 Å². The number of benzene rings is 2. The van der Waals surface area contributed by atoms with Crippen LogP contribution in [0.2, 0.25) is 5.02 Å². The molecule has 0 atom stereocenters. The van der Waals surface area contributed by atoms with Gasteiger partial charge >= 0.3 is 0 Å². The van der Waals surface area contributed by atoms with E-state index in [2.05, 4.69) is 39.1 Å². The zero-order valence-corrected chi connectivity index (χ0v) is 11.2. The van der Waals surface area contributed by atoms with Gasteiger partial charge in [0.1, 0.15) is 0 Å². The topological polar surface area (TPSA) is 15.8 Å². The first kappa shape index (κ1) is 10.9. The lowest BCUT2D eigenvalue weighted by Gasteiger charge is -2.00. The minimum absolute atomic E-state index is 0.750. The molecule has 0 aliphatic heterocycles. The van der Waals surface area contributed by atoms with Crippen LogP contribution in [0.1, 0.15) is 5.56 Å². The SMILES string of the molecule is Clc1ccc2c([nH]c3ccccc32)c1C=CBr. The van der Waals surface area contributed by atoms with Gasteiger partial charge in [-0.25, -0.2) is 0 Å². The monoisotopic (exact) mass is 305 g/mol. The molecular weight excluding hydrogens is 298 g/mol. The lowest BCUT2D eigenvalue weighted by atomic mass is 10.1. The zero-order valence-electron chi connectivity index (χ0n) is 8.87. The van der Waals surface area contributed by atoms with Crippen molar-refractivity contribution in [1.82, 2.24) is 4.98 Å². The highest BCUT2D eigenvalue weighted by Crippen LogP contribution is 2.32. The van der Waals surface area contributed by atoms with Crippen molar-refractivity contribution in [3.05, 3.63) is 52.0 Å².